The number of nitrogens with zero attached hydrogens (tertiary/aromatic N) is 2. The summed E-state index contributed by atoms with van der Waals surface area (Å²) in [4.78, 5) is 12.0. The van der Waals surface area contributed by atoms with Crippen LogP contribution < -0.4 is 10.6 Å². The van der Waals surface area contributed by atoms with Crippen LogP contribution in [-0.2, 0) is 13.5 Å². The minimum absolute atomic E-state index is 0.0494. The van der Waals surface area contributed by atoms with Gasteiger partial charge in [0.15, 0.2) is 0 Å². The monoisotopic (exact) mass is 272 g/mol. The summed E-state index contributed by atoms with van der Waals surface area (Å²) in [6, 6.07) is 7.60. The average molecular weight is 272 g/mol. The standard InChI is InChI=1S/C15H20N4O/c1-11-10-12(4-5-14(11)16-2)15(20)17-8-6-13-7-9-19(3)18-13/h4-5,7,9-10,16H,6,8H2,1-3H3,(H,17,20). The summed E-state index contributed by atoms with van der Waals surface area (Å²) in [5, 5.41) is 10.3. The van der Waals surface area contributed by atoms with Gasteiger partial charge < -0.3 is 10.6 Å². The Morgan fingerprint density at radius 1 is 1.35 bits per heavy atom. The van der Waals surface area contributed by atoms with Crippen molar-refractivity contribution in [2.24, 2.45) is 7.05 Å². The van der Waals surface area contributed by atoms with Crippen LogP contribution in [0.3, 0.4) is 0 Å². The minimum atomic E-state index is -0.0494. The first-order valence-corrected chi connectivity index (χ1v) is 6.65. The summed E-state index contributed by atoms with van der Waals surface area (Å²) in [6.07, 6.45) is 2.64. The lowest BCUT2D eigenvalue weighted by molar-refractivity contribution is 0.0954. The summed E-state index contributed by atoms with van der Waals surface area (Å²) >= 11 is 0. The number of carbonyl (C=O) groups excluding carboxylic acids is 1. The van der Waals surface area contributed by atoms with Gasteiger partial charge in [0.1, 0.15) is 0 Å². The van der Waals surface area contributed by atoms with Crippen LogP contribution in [0.4, 0.5) is 5.69 Å². The molecule has 0 spiro atoms. The number of amides is 1. The maximum atomic E-state index is 12.0. The second-order valence-corrected chi connectivity index (χ2v) is 4.77. The van der Waals surface area contributed by atoms with Crippen LogP contribution >= 0.6 is 0 Å². The van der Waals surface area contributed by atoms with Crippen molar-refractivity contribution < 1.29 is 4.79 Å². The lowest BCUT2D eigenvalue weighted by Gasteiger charge is -2.08. The quantitative estimate of drug-likeness (QED) is 0.871. The molecule has 0 aliphatic carbocycles. The van der Waals surface area contributed by atoms with Crippen LogP contribution in [0.5, 0.6) is 0 Å². The van der Waals surface area contributed by atoms with Crippen LogP contribution in [-0.4, -0.2) is 29.3 Å². The molecule has 5 nitrogen and oxygen atoms in total. The Morgan fingerprint density at radius 3 is 2.75 bits per heavy atom. The second kappa shape index (κ2) is 6.23. The molecule has 2 aromatic rings. The molecule has 0 fully saturated rings. The Kier molecular flexibility index (Phi) is 4.40. The molecule has 2 N–H and O–H groups in total. The fraction of sp³-hybridized carbons (Fsp3) is 0.333. The lowest BCUT2D eigenvalue weighted by Crippen LogP contribution is -2.25. The van der Waals surface area contributed by atoms with Crippen LogP contribution in [0.1, 0.15) is 21.6 Å². The smallest absolute Gasteiger partial charge is 0.251 e. The van der Waals surface area contributed by atoms with Gasteiger partial charge in [-0.1, -0.05) is 0 Å². The molecular formula is C15H20N4O. The number of benzene rings is 1. The molecule has 0 bridgehead atoms. The zero-order valence-electron chi connectivity index (χ0n) is 12.1. The first-order chi connectivity index (χ1) is 9.60. The van der Waals surface area contributed by atoms with Gasteiger partial charge in [0, 0.05) is 44.5 Å². The van der Waals surface area contributed by atoms with E-state index in [1.54, 1.807) is 4.68 Å². The van der Waals surface area contributed by atoms with Gasteiger partial charge in [0.2, 0.25) is 0 Å². The van der Waals surface area contributed by atoms with E-state index in [0.717, 1.165) is 23.4 Å². The Morgan fingerprint density at radius 2 is 2.15 bits per heavy atom. The first-order valence-electron chi connectivity index (χ1n) is 6.65. The lowest BCUT2D eigenvalue weighted by atomic mass is 10.1. The van der Waals surface area contributed by atoms with Crippen LogP contribution in [0, 0.1) is 6.92 Å². The molecule has 5 heteroatoms. The van der Waals surface area contributed by atoms with Crippen molar-refractivity contribution in [1.29, 1.82) is 0 Å². The number of rotatable bonds is 5. The topological polar surface area (TPSA) is 59.0 Å². The van der Waals surface area contributed by atoms with Crippen molar-refractivity contribution in [3.63, 3.8) is 0 Å². The Hall–Kier alpha value is -2.30. The third-order valence-corrected chi connectivity index (χ3v) is 3.19. The minimum Gasteiger partial charge on any atom is -0.388 e. The molecule has 0 unspecified atom stereocenters. The highest BCUT2D eigenvalue weighted by Gasteiger charge is 2.07. The van der Waals surface area contributed by atoms with Crippen LogP contribution in [0.25, 0.3) is 0 Å². The van der Waals surface area contributed by atoms with E-state index in [0.29, 0.717) is 12.1 Å². The molecule has 1 heterocycles. The molecule has 0 atom stereocenters. The normalized spacial score (nSPS) is 10.3. The fourth-order valence-electron chi connectivity index (χ4n) is 2.09. The van der Waals surface area contributed by atoms with E-state index in [4.69, 9.17) is 0 Å². The van der Waals surface area contributed by atoms with Gasteiger partial charge >= 0.3 is 0 Å². The highest BCUT2D eigenvalue weighted by Crippen LogP contribution is 2.15. The summed E-state index contributed by atoms with van der Waals surface area (Å²) in [5.41, 5.74) is 3.76. The third kappa shape index (κ3) is 3.38. The van der Waals surface area contributed by atoms with Crippen molar-refractivity contribution in [1.82, 2.24) is 15.1 Å². The van der Waals surface area contributed by atoms with E-state index in [-0.39, 0.29) is 5.91 Å². The average Bonchev–Trinajstić information content (AvgIpc) is 2.84. The van der Waals surface area contributed by atoms with Gasteiger partial charge in [-0.15, -0.1) is 0 Å². The van der Waals surface area contributed by atoms with E-state index in [2.05, 4.69) is 15.7 Å². The van der Waals surface area contributed by atoms with Gasteiger partial charge in [-0.05, 0) is 36.8 Å². The summed E-state index contributed by atoms with van der Waals surface area (Å²) < 4.78 is 1.76. The van der Waals surface area contributed by atoms with Gasteiger partial charge in [-0.2, -0.15) is 5.10 Å². The van der Waals surface area contributed by atoms with Crippen molar-refractivity contribution in [2.75, 3.05) is 18.9 Å². The highest BCUT2D eigenvalue weighted by molar-refractivity contribution is 5.94. The maximum absolute atomic E-state index is 12.0. The molecule has 2 rings (SSSR count). The molecule has 0 aliphatic heterocycles. The number of aryl methyl sites for hydroxylation is 2. The van der Waals surface area contributed by atoms with Crippen molar-refractivity contribution in [2.45, 2.75) is 13.3 Å². The van der Waals surface area contributed by atoms with Crippen molar-refractivity contribution in [3.8, 4) is 0 Å². The molecular weight excluding hydrogens is 252 g/mol. The van der Waals surface area contributed by atoms with Gasteiger partial charge in [-0.3, -0.25) is 9.48 Å². The van der Waals surface area contributed by atoms with E-state index in [9.17, 15) is 4.79 Å². The van der Waals surface area contributed by atoms with Gasteiger partial charge in [-0.25, -0.2) is 0 Å². The number of nitrogens with one attached hydrogen (secondary N) is 2. The molecule has 1 aromatic carbocycles. The molecule has 20 heavy (non-hydrogen) atoms. The van der Waals surface area contributed by atoms with Crippen LogP contribution in [0.2, 0.25) is 0 Å². The number of aromatic nitrogens is 2. The molecule has 106 valence electrons. The van der Waals surface area contributed by atoms with E-state index >= 15 is 0 Å². The maximum Gasteiger partial charge on any atom is 0.251 e. The predicted octanol–water partition coefficient (Wildman–Crippen LogP) is 1.74. The summed E-state index contributed by atoms with van der Waals surface area (Å²) in [7, 11) is 3.75. The van der Waals surface area contributed by atoms with Crippen molar-refractivity contribution in [3.05, 3.63) is 47.3 Å². The van der Waals surface area contributed by atoms with Gasteiger partial charge in [0.25, 0.3) is 5.91 Å². The number of hydrogen-bond donors (Lipinski definition) is 2. The zero-order valence-corrected chi connectivity index (χ0v) is 12.1. The number of hydrogen-bond acceptors (Lipinski definition) is 3. The predicted molar refractivity (Wildman–Crippen MR) is 80.0 cm³/mol. The molecule has 0 radical (unpaired) electrons. The number of anilines is 1. The second-order valence-electron chi connectivity index (χ2n) is 4.77. The molecule has 0 aliphatic rings. The van der Waals surface area contributed by atoms with E-state index in [1.807, 2.05) is 51.5 Å². The molecule has 0 saturated carbocycles. The molecule has 1 amide bonds. The van der Waals surface area contributed by atoms with Gasteiger partial charge in [0.05, 0.1) is 5.69 Å². The van der Waals surface area contributed by atoms with Crippen LogP contribution in [0.15, 0.2) is 30.5 Å². The zero-order chi connectivity index (χ0) is 14.5. The number of carbonyl (C=O) groups is 1. The summed E-state index contributed by atoms with van der Waals surface area (Å²) in [6.45, 7) is 2.57. The highest BCUT2D eigenvalue weighted by atomic mass is 16.1. The van der Waals surface area contributed by atoms with E-state index < -0.39 is 0 Å². The van der Waals surface area contributed by atoms with Crippen molar-refractivity contribution >= 4 is 11.6 Å². The largest absolute Gasteiger partial charge is 0.388 e. The Balaban J connectivity index is 1.90. The fourth-order valence-corrected chi connectivity index (χ4v) is 2.09. The molecule has 0 saturated heterocycles. The SMILES string of the molecule is CNc1ccc(C(=O)NCCc2ccn(C)n2)cc1C. The third-order valence-electron chi connectivity index (χ3n) is 3.19. The Bertz CT molecular complexity index is 604. The summed E-state index contributed by atoms with van der Waals surface area (Å²) in [5.74, 6) is -0.0494. The first kappa shape index (κ1) is 14.1. The van der Waals surface area contributed by atoms with E-state index in [1.165, 1.54) is 0 Å². The molecule has 1 aromatic heterocycles. The Labute approximate surface area is 119 Å².